The van der Waals surface area contributed by atoms with E-state index in [1.54, 1.807) is 24.3 Å². The van der Waals surface area contributed by atoms with Gasteiger partial charge in [-0.2, -0.15) is 9.57 Å². The molecule has 32 heavy (non-hydrogen) atoms. The van der Waals surface area contributed by atoms with Crippen molar-refractivity contribution in [2.45, 2.75) is 13.0 Å². The number of ether oxygens (including phenoxy) is 1. The summed E-state index contributed by atoms with van der Waals surface area (Å²) < 4.78 is 36.1. The van der Waals surface area contributed by atoms with Gasteiger partial charge in [-0.15, -0.1) is 0 Å². The Hall–Kier alpha value is -3.07. The third-order valence-electron chi connectivity index (χ3n) is 4.43. The third-order valence-corrected chi connectivity index (χ3v) is 6.59. The fourth-order valence-corrected chi connectivity index (χ4v) is 4.49. The zero-order valence-electron chi connectivity index (χ0n) is 17.3. The molecule has 2 amide bonds. The third kappa shape index (κ3) is 6.23. The maximum atomic E-state index is 12.6. The van der Waals surface area contributed by atoms with Crippen molar-refractivity contribution in [3.63, 3.8) is 0 Å². The highest BCUT2D eigenvalue weighted by atomic mass is 32.2. The summed E-state index contributed by atoms with van der Waals surface area (Å²) in [6.45, 7) is 0.300. The standard InChI is InChI=1S/C21H21N3O6S2/c1-32(27,28)23(11-5-10-22)15-18-9-8-17(30-18)14-19-20(25)24(21(26)31-19)12-13-29-16-6-3-2-4-7-16/h2-4,6-9,14H,5,11-13,15H2,1H3/b19-14-. The van der Waals surface area contributed by atoms with Gasteiger partial charge in [0.15, 0.2) is 0 Å². The van der Waals surface area contributed by atoms with Crippen molar-refractivity contribution in [1.29, 1.82) is 5.26 Å². The molecule has 0 atom stereocenters. The molecule has 1 saturated heterocycles. The predicted molar refractivity (Wildman–Crippen MR) is 119 cm³/mol. The second-order valence-electron chi connectivity index (χ2n) is 6.80. The van der Waals surface area contributed by atoms with Gasteiger partial charge in [-0.3, -0.25) is 14.5 Å². The highest BCUT2D eigenvalue weighted by Crippen LogP contribution is 2.32. The number of hydrogen-bond acceptors (Lipinski definition) is 8. The van der Waals surface area contributed by atoms with Crippen LogP contribution < -0.4 is 4.74 Å². The summed E-state index contributed by atoms with van der Waals surface area (Å²) in [4.78, 5) is 26.1. The van der Waals surface area contributed by atoms with E-state index in [1.165, 1.54) is 6.08 Å². The van der Waals surface area contributed by atoms with Gasteiger partial charge in [0.25, 0.3) is 11.1 Å². The first-order valence-corrected chi connectivity index (χ1v) is 12.3. The van der Waals surface area contributed by atoms with Crippen LogP contribution in [0.3, 0.4) is 0 Å². The van der Waals surface area contributed by atoms with Crippen LogP contribution in [-0.4, -0.2) is 54.7 Å². The number of amides is 2. The van der Waals surface area contributed by atoms with Gasteiger partial charge in [0.1, 0.15) is 23.9 Å². The minimum atomic E-state index is -3.52. The van der Waals surface area contributed by atoms with Crippen LogP contribution in [0.1, 0.15) is 17.9 Å². The number of carbonyl (C=O) groups is 2. The van der Waals surface area contributed by atoms with Crippen molar-refractivity contribution in [2.24, 2.45) is 0 Å². The summed E-state index contributed by atoms with van der Waals surface area (Å²) in [5.41, 5.74) is 0. The molecule has 0 N–H and O–H groups in total. The number of nitrogens with zero attached hydrogens (tertiary/aromatic N) is 3. The van der Waals surface area contributed by atoms with Gasteiger partial charge in [-0.05, 0) is 36.0 Å². The van der Waals surface area contributed by atoms with Crippen LogP contribution >= 0.6 is 11.8 Å². The molecule has 1 aliphatic rings. The van der Waals surface area contributed by atoms with E-state index < -0.39 is 21.2 Å². The van der Waals surface area contributed by atoms with Crippen molar-refractivity contribution >= 4 is 39.0 Å². The second kappa shape index (κ2) is 10.5. The van der Waals surface area contributed by atoms with E-state index >= 15 is 0 Å². The van der Waals surface area contributed by atoms with Crippen molar-refractivity contribution < 1.29 is 27.2 Å². The summed E-state index contributed by atoms with van der Waals surface area (Å²) in [5.74, 6) is 0.882. The molecule has 1 fully saturated rings. The highest BCUT2D eigenvalue weighted by molar-refractivity contribution is 8.18. The maximum Gasteiger partial charge on any atom is 0.293 e. The molecule has 168 valence electrons. The van der Waals surface area contributed by atoms with Crippen molar-refractivity contribution in [3.05, 3.63) is 58.9 Å². The number of nitriles is 1. The molecule has 11 heteroatoms. The molecule has 9 nitrogen and oxygen atoms in total. The Morgan fingerprint density at radius 2 is 1.97 bits per heavy atom. The Balaban J connectivity index is 1.62. The number of carbonyl (C=O) groups excluding carboxylic acids is 2. The van der Waals surface area contributed by atoms with Gasteiger partial charge in [-0.1, -0.05) is 18.2 Å². The molecule has 1 aromatic carbocycles. The average molecular weight is 476 g/mol. The Morgan fingerprint density at radius 3 is 2.66 bits per heavy atom. The molecule has 2 aromatic rings. The average Bonchev–Trinajstić information content (AvgIpc) is 3.30. The van der Waals surface area contributed by atoms with Gasteiger partial charge in [0.2, 0.25) is 10.0 Å². The van der Waals surface area contributed by atoms with Crippen LogP contribution in [0, 0.1) is 11.3 Å². The molecule has 2 heterocycles. The molecular weight excluding hydrogens is 454 g/mol. The summed E-state index contributed by atoms with van der Waals surface area (Å²) in [6, 6.07) is 14.2. The SMILES string of the molecule is CS(=O)(=O)N(CCC#N)Cc1ccc(/C=C2\SC(=O)N(CCOc3ccccc3)C2=O)o1. The summed E-state index contributed by atoms with van der Waals surface area (Å²) in [6.07, 6.45) is 2.57. The molecule has 0 radical (unpaired) electrons. The Morgan fingerprint density at radius 1 is 1.22 bits per heavy atom. The highest BCUT2D eigenvalue weighted by Gasteiger charge is 2.35. The molecule has 0 aliphatic carbocycles. The van der Waals surface area contributed by atoms with E-state index in [1.807, 2.05) is 24.3 Å². The van der Waals surface area contributed by atoms with Crippen LogP contribution in [-0.2, 0) is 21.4 Å². The van der Waals surface area contributed by atoms with E-state index in [9.17, 15) is 18.0 Å². The number of rotatable bonds is 10. The minimum Gasteiger partial charge on any atom is -0.492 e. The molecular formula is C21H21N3O6S2. The first-order chi connectivity index (χ1) is 15.3. The molecule has 0 unspecified atom stereocenters. The molecule has 1 aliphatic heterocycles. The van der Waals surface area contributed by atoms with Crippen LogP contribution in [0.4, 0.5) is 4.79 Å². The van der Waals surface area contributed by atoms with Gasteiger partial charge >= 0.3 is 0 Å². The predicted octanol–water partition coefficient (Wildman–Crippen LogP) is 3.07. The topological polar surface area (TPSA) is 121 Å². The summed E-state index contributed by atoms with van der Waals surface area (Å²) in [5, 5.41) is 8.32. The second-order valence-corrected chi connectivity index (χ2v) is 9.78. The first kappa shape index (κ1) is 23.6. The number of sulfonamides is 1. The first-order valence-electron chi connectivity index (χ1n) is 9.62. The maximum absolute atomic E-state index is 12.6. The van der Waals surface area contributed by atoms with Crippen molar-refractivity contribution in [1.82, 2.24) is 9.21 Å². The largest absolute Gasteiger partial charge is 0.492 e. The Kier molecular flexibility index (Phi) is 7.74. The number of hydrogen-bond donors (Lipinski definition) is 0. The summed E-state index contributed by atoms with van der Waals surface area (Å²) in [7, 11) is -3.52. The normalized spacial score (nSPS) is 15.5. The fraction of sp³-hybridized carbons (Fsp3) is 0.286. The lowest BCUT2D eigenvalue weighted by Gasteiger charge is -2.16. The Labute approximate surface area is 190 Å². The van der Waals surface area contributed by atoms with Gasteiger partial charge in [0, 0.05) is 19.0 Å². The smallest absolute Gasteiger partial charge is 0.293 e. The van der Waals surface area contributed by atoms with Gasteiger partial charge in [0.05, 0.1) is 30.3 Å². The van der Waals surface area contributed by atoms with Gasteiger partial charge < -0.3 is 9.15 Å². The number of benzene rings is 1. The lowest BCUT2D eigenvalue weighted by molar-refractivity contribution is -0.123. The number of furan rings is 1. The van der Waals surface area contributed by atoms with Crippen LogP contribution in [0.5, 0.6) is 5.75 Å². The lowest BCUT2D eigenvalue weighted by Crippen LogP contribution is -2.32. The number of para-hydroxylation sites is 1. The van der Waals surface area contributed by atoms with E-state index in [2.05, 4.69) is 0 Å². The van der Waals surface area contributed by atoms with E-state index in [-0.39, 0.29) is 37.6 Å². The molecule has 3 rings (SSSR count). The lowest BCUT2D eigenvalue weighted by atomic mass is 10.3. The molecule has 0 bridgehead atoms. The number of thioether (sulfide) groups is 1. The van der Waals surface area contributed by atoms with E-state index in [0.29, 0.717) is 17.3 Å². The van der Waals surface area contributed by atoms with E-state index in [0.717, 1.165) is 27.2 Å². The zero-order valence-corrected chi connectivity index (χ0v) is 18.9. The van der Waals surface area contributed by atoms with E-state index in [4.69, 9.17) is 14.4 Å². The minimum absolute atomic E-state index is 0.0351. The molecule has 0 spiro atoms. The Bertz CT molecular complexity index is 1150. The monoisotopic (exact) mass is 475 g/mol. The van der Waals surface area contributed by atoms with Crippen molar-refractivity contribution in [2.75, 3.05) is 26.0 Å². The van der Waals surface area contributed by atoms with Crippen molar-refractivity contribution in [3.8, 4) is 11.8 Å². The summed E-state index contributed by atoms with van der Waals surface area (Å²) >= 11 is 0.802. The van der Waals surface area contributed by atoms with Gasteiger partial charge in [-0.25, -0.2) is 8.42 Å². The number of imide groups is 1. The molecule has 1 aromatic heterocycles. The quantitative estimate of drug-likeness (QED) is 0.481. The van der Waals surface area contributed by atoms with Crippen LogP contribution in [0.2, 0.25) is 0 Å². The van der Waals surface area contributed by atoms with Crippen LogP contribution in [0.15, 0.2) is 51.8 Å². The zero-order chi connectivity index (χ0) is 23.1. The fourth-order valence-electron chi connectivity index (χ4n) is 2.86. The molecule has 0 saturated carbocycles. The van der Waals surface area contributed by atoms with Crippen LogP contribution in [0.25, 0.3) is 6.08 Å².